The Bertz CT molecular complexity index is 1220. The third-order valence-corrected chi connectivity index (χ3v) is 6.03. The molecule has 3 aromatic rings. The van der Waals surface area contributed by atoms with Crippen LogP contribution in [0.5, 0.6) is 5.75 Å². The van der Waals surface area contributed by atoms with Gasteiger partial charge in [0.15, 0.2) is 6.61 Å². The summed E-state index contributed by atoms with van der Waals surface area (Å²) < 4.78 is 71.9. The van der Waals surface area contributed by atoms with Crippen LogP contribution in [-0.4, -0.2) is 20.9 Å². The van der Waals surface area contributed by atoms with Gasteiger partial charge in [0.25, 0.3) is 5.91 Å². The first-order chi connectivity index (χ1) is 15.5. The van der Waals surface area contributed by atoms with Crippen LogP contribution in [0.3, 0.4) is 0 Å². The number of hydrogen-bond donors (Lipinski definition) is 2. The highest BCUT2D eigenvalue weighted by Crippen LogP contribution is 2.36. The number of benzene rings is 3. The number of ether oxygens (including phenoxy) is 1. The van der Waals surface area contributed by atoms with Crippen molar-refractivity contribution in [2.24, 2.45) is 0 Å². The quantitative estimate of drug-likeness (QED) is 0.465. The Morgan fingerprint density at radius 1 is 0.970 bits per heavy atom. The molecular formula is C22H18ClF3N2O4S. The van der Waals surface area contributed by atoms with Crippen LogP contribution in [0, 0.1) is 0 Å². The van der Waals surface area contributed by atoms with E-state index in [1.807, 2.05) is 6.07 Å². The maximum atomic E-state index is 13.1. The Kier molecular flexibility index (Phi) is 7.62. The molecule has 3 aromatic carbocycles. The van der Waals surface area contributed by atoms with Gasteiger partial charge in [0.05, 0.1) is 16.1 Å². The zero-order chi connectivity index (χ0) is 24.1. The van der Waals surface area contributed by atoms with E-state index in [9.17, 15) is 26.4 Å². The highest BCUT2D eigenvalue weighted by molar-refractivity contribution is 7.89. The van der Waals surface area contributed by atoms with Crippen LogP contribution >= 0.6 is 11.6 Å². The zero-order valence-corrected chi connectivity index (χ0v) is 18.5. The zero-order valence-electron chi connectivity index (χ0n) is 16.9. The lowest BCUT2D eigenvalue weighted by molar-refractivity contribution is -0.137. The fourth-order valence-electron chi connectivity index (χ4n) is 2.77. The van der Waals surface area contributed by atoms with Crippen molar-refractivity contribution in [1.82, 2.24) is 4.72 Å². The number of carbonyl (C=O) groups is 1. The van der Waals surface area contributed by atoms with E-state index < -0.39 is 40.0 Å². The molecule has 0 unspecified atom stereocenters. The van der Waals surface area contributed by atoms with Crippen molar-refractivity contribution in [2.45, 2.75) is 17.6 Å². The monoisotopic (exact) mass is 498 g/mol. The van der Waals surface area contributed by atoms with Crippen LogP contribution < -0.4 is 14.8 Å². The van der Waals surface area contributed by atoms with E-state index in [0.29, 0.717) is 6.07 Å². The molecule has 0 aromatic heterocycles. The molecule has 0 heterocycles. The summed E-state index contributed by atoms with van der Waals surface area (Å²) >= 11 is 5.61. The molecule has 0 bridgehead atoms. The number of anilines is 1. The predicted octanol–water partition coefficient (Wildman–Crippen LogP) is 4.85. The van der Waals surface area contributed by atoms with E-state index in [0.717, 1.165) is 11.6 Å². The van der Waals surface area contributed by atoms with Gasteiger partial charge in [-0.1, -0.05) is 41.9 Å². The average Bonchev–Trinajstić information content (AvgIpc) is 2.78. The van der Waals surface area contributed by atoms with E-state index >= 15 is 0 Å². The largest absolute Gasteiger partial charge is 0.484 e. The summed E-state index contributed by atoms with van der Waals surface area (Å²) in [5.41, 5.74) is -0.742. The van der Waals surface area contributed by atoms with Crippen LogP contribution in [0.15, 0.2) is 77.7 Å². The van der Waals surface area contributed by atoms with Crippen LogP contribution in [0.2, 0.25) is 5.02 Å². The van der Waals surface area contributed by atoms with E-state index in [2.05, 4.69) is 10.0 Å². The fourth-order valence-corrected chi connectivity index (χ4v) is 3.96. The smallest absolute Gasteiger partial charge is 0.418 e. The van der Waals surface area contributed by atoms with E-state index in [-0.39, 0.29) is 22.2 Å². The van der Waals surface area contributed by atoms with Gasteiger partial charge in [-0.2, -0.15) is 13.2 Å². The molecule has 3 rings (SSSR count). The van der Waals surface area contributed by atoms with Gasteiger partial charge in [-0.15, -0.1) is 0 Å². The second-order valence-corrected chi connectivity index (χ2v) is 9.01. The molecule has 6 nitrogen and oxygen atoms in total. The second-order valence-electron chi connectivity index (χ2n) is 6.81. The van der Waals surface area contributed by atoms with Crippen LogP contribution in [0.25, 0.3) is 0 Å². The number of carbonyl (C=O) groups excluding carboxylic acids is 1. The highest BCUT2D eigenvalue weighted by atomic mass is 35.5. The molecule has 0 saturated heterocycles. The van der Waals surface area contributed by atoms with Crippen molar-refractivity contribution in [2.75, 3.05) is 11.9 Å². The lowest BCUT2D eigenvalue weighted by Crippen LogP contribution is -2.23. The number of hydrogen-bond acceptors (Lipinski definition) is 4. The number of nitrogens with one attached hydrogen (secondary N) is 2. The molecule has 0 aliphatic rings. The van der Waals surface area contributed by atoms with Gasteiger partial charge in [0.2, 0.25) is 10.0 Å². The van der Waals surface area contributed by atoms with Gasteiger partial charge in [-0.3, -0.25) is 4.79 Å². The second kappa shape index (κ2) is 10.2. The summed E-state index contributed by atoms with van der Waals surface area (Å²) in [6.07, 6.45) is -4.70. The van der Waals surface area contributed by atoms with Crippen LogP contribution in [0.4, 0.5) is 18.9 Å². The van der Waals surface area contributed by atoms with Gasteiger partial charge < -0.3 is 10.1 Å². The standard InChI is InChI=1S/C22H18ClF3N2O4S/c23-16-6-11-20(19(12-16)22(24,25)26)28-21(29)14-32-17-7-9-18(10-8-17)33(30,31)27-13-15-4-2-1-3-5-15/h1-12,27H,13-14H2,(H,28,29). The molecule has 11 heteroatoms. The van der Waals surface area contributed by atoms with Gasteiger partial charge in [-0.25, -0.2) is 13.1 Å². The minimum absolute atomic E-state index is 0.00813. The van der Waals surface area contributed by atoms with Crippen LogP contribution in [-0.2, 0) is 27.5 Å². The predicted molar refractivity (Wildman–Crippen MR) is 117 cm³/mol. The normalized spacial score (nSPS) is 11.8. The molecule has 0 fully saturated rings. The molecule has 0 saturated carbocycles. The molecule has 0 aliphatic heterocycles. The number of rotatable bonds is 8. The number of alkyl halides is 3. The molecule has 174 valence electrons. The van der Waals surface area contributed by atoms with E-state index in [1.165, 1.54) is 30.3 Å². The topological polar surface area (TPSA) is 84.5 Å². The summed E-state index contributed by atoms with van der Waals surface area (Å²) in [6.45, 7) is -0.468. The Morgan fingerprint density at radius 2 is 1.64 bits per heavy atom. The first-order valence-corrected chi connectivity index (χ1v) is 11.3. The van der Waals surface area contributed by atoms with Gasteiger partial charge in [0, 0.05) is 11.6 Å². The lowest BCUT2D eigenvalue weighted by Gasteiger charge is -2.14. The summed E-state index contributed by atoms with van der Waals surface area (Å²) in [7, 11) is -3.77. The number of sulfonamides is 1. The molecule has 0 radical (unpaired) electrons. The molecule has 2 N–H and O–H groups in total. The summed E-state index contributed by atoms with van der Waals surface area (Å²) in [5.74, 6) is -0.664. The van der Waals surface area contributed by atoms with Crippen molar-refractivity contribution in [1.29, 1.82) is 0 Å². The van der Waals surface area contributed by atoms with Crippen molar-refractivity contribution in [3.8, 4) is 5.75 Å². The Hall–Kier alpha value is -3.08. The Balaban J connectivity index is 1.58. The maximum absolute atomic E-state index is 13.1. The first kappa shape index (κ1) is 24.6. The molecule has 33 heavy (non-hydrogen) atoms. The van der Waals surface area contributed by atoms with Gasteiger partial charge >= 0.3 is 6.18 Å². The lowest BCUT2D eigenvalue weighted by atomic mass is 10.1. The first-order valence-electron chi connectivity index (χ1n) is 9.48. The highest BCUT2D eigenvalue weighted by Gasteiger charge is 2.34. The third-order valence-electron chi connectivity index (χ3n) is 4.37. The molecule has 0 aliphatic carbocycles. The van der Waals surface area contributed by atoms with Crippen molar-refractivity contribution >= 4 is 33.2 Å². The molecular weight excluding hydrogens is 481 g/mol. The molecule has 0 atom stereocenters. The number of halogens is 4. The minimum atomic E-state index is -4.70. The van der Waals surface area contributed by atoms with Crippen molar-refractivity contribution < 1.29 is 31.1 Å². The van der Waals surface area contributed by atoms with Crippen LogP contribution in [0.1, 0.15) is 11.1 Å². The van der Waals surface area contributed by atoms with Crippen molar-refractivity contribution in [3.63, 3.8) is 0 Å². The van der Waals surface area contributed by atoms with E-state index in [4.69, 9.17) is 16.3 Å². The number of amides is 1. The fraction of sp³-hybridized carbons (Fsp3) is 0.136. The van der Waals surface area contributed by atoms with Gasteiger partial charge in [0.1, 0.15) is 5.75 Å². The Labute approximate surface area is 193 Å². The molecule has 0 spiro atoms. The van der Waals surface area contributed by atoms with Crippen molar-refractivity contribution in [3.05, 3.63) is 88.9 Å². The minimum Gasteiger partial charge on any atom is -0.484 e. The average molecular weight is 499 g/mol. The summed E-state index contributed by atoms with van der Waals surface area (Å²) in [5, 5.41) is 2.01. The maximum Gasteiger partial charge on any atom is 0.418 e. The third kappa shape index (κ3) is 6.95. The summed E-state index contributed by atoms with van der Waals surface area (Å²) in [6, 6.07) is 17.2. The Morgan fingerprint density at radius 3 is 2.27 bits per heavy atom. The van der Waals surface area contributed by atoms with Gasteiger partial charge in [-0.05, 0) is 48.0 Å². The van der Waals surface area contributed by atoms with E-state index in [1.54, 1.807) is 24.3 Å². The molecule has 1 amide bonds. The SMILES string of the molecule is O=C(COc1ccc(S(=O)(=O)NCc2ccccc2)cc1)Nc1ccc(Cl)cc1C(F)(F)F. The summed E-state index contributed by atoms with van der Waals surface area (Å²) in [4.78, 5) is 12.0.